The Bertz CT molecular complexity index is 825. The number of amides is 2. The lowest BCUT2D eigenvalue weighted by Crippen LogP contribution is -2.48. The monoisotopic (exact) mass is 414 g/mol. The minimum absolute atomic E-state index is 0.0399. The summed E-state index contributed by atoms with van der Waals surface area (Å²) in [5.74, 6) is 1.64. The second-order valence-corrected chi connectivity index (χ2v) is 7.82. The fraction of sp³-hybridized carbons (Fsp3) is 0.391. The van der Waals surface area contributed by atoms with Gasteiger partial charge in [-0.05, 0) is 42.2 Å². The molecule has 0 radical (unpaired) electrons. The molecule has 0 saturated heterocycles. The van der Waals surface area contributed by atoms with E-state index in [4.69, 9.17) is 4.74 Å². The van der Waals surface area contributed by atoms with Gasteiger partial charge in [0.15, 0.2) is 0 Å². The first-order chi connectivity index (χ1) is 14.0. The first-order valence-electron chi connectivity index (χ1n) is 9.76. The molecule has 156 valence electrons. The number of hydrogen-bond donors (Lipinski definition) is 1. The van der Waals surface area contributed by atoms with Gasteiger partial charge in [-0.1, -0.05) is 43.3 Å². The van der Waals surface area contributed by atoms with Gasteiger partial charge in [0.05, 0.1) is 12.9 Å². The quantitative estimate of drug-likeness (QED) is 0.643. The van der Waals surface area contributed by atoms with E-state index in [0.717, 1.165) is 17.1 Å². The zero-order chi connectivity index (χ0) is 21.2. The average molecular weight is 415 g/mol. The zero-order valence-corrected chi connectivity index (χ0v) is 18.4. The van der Waals surface area contributed by atoms with Crippen LogP contribution in [0.4, 0.5) is 0 Å². The number of carbonyl (C=O) groups is 2. The molecule has 1 unspecified atom stereocenters. The lowest BCUT2D eigenvalue weighted by molar-refractivity contribution is -0.139. The van der Waals surface area contributed by atoms with Gasteiger partial charge in [0.1, 0.15) is 11.8 Å². The molecule has 0 spiro atoms. The second kappa shape index (κ2) is 11.5. The van der Waals surface area contributed by atoms with Gasteiger partial charge in [0.25, 0.3) is 0 Å². The van der Waals surface area contributed by atoms with E-state index in [0.29, 0.717) is 18.7 Å². The highest BCUT2D eigenvalue weighted by molar-refractivity contribution is 7.99. The summed E-state index contributed by atoms with van der Waals surface area (Å²) in [7, 11) is 3.22. The Balaban J connectivity index is 2.13. The summed E-state index contributed by atoms with van der Waals surface area (Å²) in [6.45, 7) is 4.37. The van der Waals surface area contributed by atoms with Gasteiger partial charge in [0.2, 0.25) is 11.8 Å². The van der Waals surface area contributed by atoms with Crippen LogP contribution in [0.5, 0.6) is 5.75 Å². The Morgan fingerprint density at radius 3 is 2.59 bits per heavy atom. The van der Waals surface area contributed by atoms with Crippen LogP contribution in [0.3, 0.4) is 0 Å². The normalized spacial score (nSPS) is 11.6. The maximum Gasteiger partial charge on any atom is 0.242 e. The molecule has 1 atom stereocenters. The van der Waals surface area contributed by atoms with E-state index in [2.05, 4.69) is 24.4 Å². The predicted molar refractivity (Wildman–Crippen MR) is 119 cm³/mol. The minimum atomic E-state index is -0.502. The lowest BCUT2D eigenvalue weighted by Gasteiger charge is -2.30. The van der Waals surface area contributed by atoms with E-state index < -0.39 is 6.04 Å². The predicted octanol–water partition coefficient (Wildman–Crippen LogP) is 3.79. The third-order valence-electron chi connectivity index (χ3n) is 4.86. The Morgan fingerprint density at radius 1 is 1.17 bits per heavy atom. The standard InChI is InChI=1S/C23H30N2O3S/c1-5-21(23(27)24-3)25(14-18-10-8-12-20(13-18)28-4)22(26)16-29-15-19-11-7-6-9-17(19)2/h6-13,21H,5,14-16H2,1-4H3,(H,24,27). The Kier molecular flexibility index (Phi) is 9.06. The number of aryl methyl sites for hydroxylation is 1. The Hall–Kier alpha value is -2.47. The van der Waals surface area contributed by atoms with Gasteiger partial charge >= 0.3 is 0 Å². The first kappa shape index (κ1) is 22.8. The smallest absolute Gasteiger partial charge is 0.242 e. The van der Waals surface area contributed by atoms with Crippen molar-refractivity contribution in [2.24, 2.45) is 0 Å². The molecule has 6 heteroatoms. The summed E-state index contributed by atoms with van der Waals surface area (Å²) in [6, 6.07) is 15.3. The molecule has 0 saturated carbocycles. The van der Waals surface area contributed by atoms with Crippen molar-refractivity contribution in [3.63, 3.8) is 0 Å². The number of nitrogens with one attached hydrogen (secondary N) is 1. The molecule has 0 aliphatic carbocycles. The number of benzene rings is 2. The molecule has 0 fully saturated rings. The van der Waals surface area contributed by atoms with Crippen LogP contribution < -0.4 is 10.1 Å². The topological polar surface area (TPSA) is 58.6 Å². The van der Waals surface area contributed by atoms with Crippen LogP contribution >= 0.6 is 11.8 Å². The van der Waals surface area contributed by atoms with Crippen LogP contribution in [-0.2, 0) is 21.9 Å². The van der Waals surface area contributed by atoms with Crippen LogP contribution in [0, 0.1) is 6.92 Å². The van der Waals surface area contributed by atoms with Crippen molar-refractivity contribution >= 4 is 23.6 Å². The maximum absolute atomic E-state index is 13.1. The van der Waals surface area contributed by atoms with Gasteiger partial charge in [-0.3, -0.25) is 9.59 Å². The van der Waals surface area contributed by atoms with E-state index >= 15 is 0 Å². The number of hydrogen-bond acceptors (Lipinski definition) is 4. The maximum atomic E-state index is 13.1. The molecule has 1 N–H and O–H groups in total. The summed E-state index contributed by atoms with van der Waals surface area (Å²) in [4.78, 5) is 27.2. The van der Waals surface area contributed by atoms with E-state index in [1.165, 1.54) is 11.1 Å². The van der Waals surface area contributed by atoms with Gasteiger partial charge < -0.3 is 15.0 Å². The molecule has 2 rings (SSSR count). The number of methoxy groups -OCH3 is 1. The second-order valence-electron chi connectivity index (χ2n) is 6.83. The van der Waals surface area contributed by atoms with E-state index in [9.17, 15) is 9.59 Å². The molecule has 0 bridgehead atoms. The summed E-state index contributed by atoms with van der Waals surface area (Å²) in [6.07, 6.45) is 0.553. The molecule has 0 aliphatic rings. The van der Waals surface area contributed by atoms with Crippen molar-refractivity contribution in [1.82, 2.24) is 10.2 Å². The molecular weight excluding hydrogens is 384 g/mol. The van der Waals surface area contributed by atoms with Crippen LogP contribution in [0.2, 0.25) is 0 Å². The van der Waals surface area contributed by atoms with E-state index in [-0.39, 0.29) is 11.8 Å². The molecule has 29 heavy (non-hydrogen) atoms. The van der Waals surface area contributed by atoms with Gasteiger partial charge in [-0.25, -0.2) is 0 Å². The highest BCUT2D eigenvalue weighted by atomic mass is 32.2. The molecule has 2 amide bonds. The molecule has 0 heterocycles. The largest absolute Gasteiger partial charge is 0.497 e. The fourth-order valence-corrected chi connectivity index (χ4v) is 4.14. The van der Waals surface area contributed by atoms with Gasteiger partial charge in [-0.2, -0.15) is 0 Å². The summed E-state index contributed by atoms with van der Waals surface area (Å²) < 4.78 is 5.29. The number of ether oxygens (including phenoxy) is 1. The lowest BCUT2D eigenvalue weighted by atomic mass is 10.1. The Labute approximate surface area is 177 Å². The summed E-state index contributed by atoms with van der Waals surface area (Å²) in [5, 5.41) is 2.68. The third-order valence-corrected chi connectivity index (χ3v) is 5.83. The Morgan fingerprint density at radius 2 is 1.93 bits per heavy atom. The average Bonchev–Trinajstić information content (AvgIpc) is 2.74. The highest BCUT2D eigenvalue weighted by Gasteiger charge is 2.27. The number of carbonyl (C=O) groups excluding carboxylic acids is 2. The minimum Gasteiger partial charge on any atom is -0.497 e. The van der Waals surface area contributed by atoms with Crippen LogP contribution in [0.25, 0.3) is 0 Å². The van der Waals surface area contributed by atoms with Crippen molar-refractivity contribution in [2.75, 3.05) is 19.9 Å². The van der Waals surface area contributed by atoms with Gasteiger partial charge in [0, 0.05) is 19.3 Å². The third kappa shape index (κ3) is 6.53. The summed E-state index contributed by atoms with van der Waals surface area (Å²) >= 11 is 1.57. The SMILES string of the molecule is CCC(C(=O)NC)N(Cc1cccc(OC)c1)C(=O)CSCc1ccccc1C. The van der Waals surface area contributed by atoms with Gasteiger partial charge in [-0.15, -0.1) is 11.8 Å². The molecule has 0 aliphatic heterocycles. The number of thioether (sulfide) groups is 1. The zero-order valence-electron chi connectivity index (χ0n) is 17.6. The fourth-order valence-electron chi connectivity index (χ4n) is 3.16. The van der Waals surface area contributed by atoms with E-state index in [1.54, 1.807) is 30.8 Å². The molecule has 0 aromatic heterocycles. The van der Waals surface area contributed by atoms with Crippen molar-refractivity contribution in [3.05, 3.63) is 65.2 Å². The van der Waals surface area contributed by atoms with Crippen LogP contribution in [0.15, 0.2) is 48.5 Å². The van der Waals surface area contributed by atoms with Crippen LogP contribution in [0.1, 0.15) is 30.0 Å². The first-order valence-corrected chi connectivity index (χ1v) is 10.9. The molecule has 2 aromatic rings. The molecule has 2 aromatic carbocycles. The van der Waals surface area contributed by atoms with Crippen molar-refractivity contribution in [3.8, 4) is 5.75 Å². The molecular formula is C23H30N2O3S. The van der Waals surface area contributed by atoms with Crippen molar-refractivity contribution in [1.29, 1.82) is 0 Å². The van der Waals surface area contributed by atoms with Crippen molar-refractivity contribution in [2.45, 2.75) is 38.6 Å². The van der Waals surface area contributed by atoms with Crippen LogP contribution in [-0.4, -0.2) is 42.7 Å². The number of likely N-dealkylation sites (N-methyl/N-ethyl adjacent to an activating group) is 1. The molecule has 5 nitrogen and oxygen atoms in total. The highest BCUT2D eigenvalue weighted by Crippen LogP contribution is 2.20. The van der Waals surface area contributed by atoms with Crippen molar-refractivity contribution < 1.29 is 14.3 Å². The number of rotatable bonds is 10. The number of nitrogens with zero attached hydrogens (tertiary/aromatic N) is 1. The summed E-state index contributed by atoms with van der Waals surface area (Å²) in [5.41, 5.74) is 3.38. The van der Waals surface area contributed by atoms with E-state index in [1.807, 2.05) is 43.3 Å².